The first-order valence-electron chi connectivity index (χ1n) is 31.8. The number of hydrogen-bond donors (Lipinski definition) is 3. The quantitative estimate of drug-likeness (QED) is 0.0321. The Bertz CT molecular complexity index is 1150. The van der Waals surface area contributed by atoms with Crippen molar-refractivity contribution in [2.45, 2.75) is 353 Å². The number of nitrogens with one attached hydrogen (secondary N) is 1. The first kappa shape index (κ1) is 69.1. The Labute approximate surface area is 443 Å². The maximum absolute atomic E-state index is 12.4. The van der Waals surface area contributed by atoms with Gasteiger partial charge >= 0.3 is 5.97 Å². The summed E-state index contributed by atoms with van der Waals surface area (Å²) in [5, 5.41) is 23.1. The number of allylic oxidation sites excluding steroid dienone is 5. The average Bonchev–Trinajstić information content (AvgIpc) is 3.37. The molecular weight excluding hydrogens is 875 g/mol. The lowest BCUT2D eigenvalue weighted by atomic mass is 10.0. The van der Waals surface area contributed by atoms with E-state index in [1.165, 1.54) is 270 Å². The van der Waals surface area contributed by atoms with E-state index in [1.807, 2.05) is 6.08 Å². The van der Waals surface area contributed by atoms with Gasteiger partial charge in [-0.1, -0.05) is 301 Å². The second-order valence-electron chi connectivity index (χ2n) is 21.7. The predicted molar refractivity (Wildman–Crippen MR) is 310 cm³/mol. The smallest absolute Gasteiger partial charge is 0.305 e. The van der Waals surface area contributed by atoms with E-state index >= 15 is 0 Å². The van der Waals surface area contributed by atoms with Crippen LogP contribution in [0.25, 0.3) is 0 Å². The van der Waals surface area contributed by atoms with Crippen molar-refractivity contribution in [2.24, 2.45) is 0 Å². The van der Waals surface area contributed by atoms with Crippen LogP contribution in [0.1, 0.15) is 341 Å². The van der Waals surface area contributed by atoms with Crippen LogP contribution in [0.5, 0.6) is 0 Å². The van der Waals surface area contributed by atoms with E-state index in [9.17, 15) is 19.8 Å². The van der Waals surface area contributed by atoms with Crippen molar-refractivity contribution in [1.82, 2.24) is 5.32 Å². The molecule has 0 saturated carbocycles. The molecule has 71 heavy (non-hydrogen) atoms. The number of hydrogen-bond acceptors (Lipinski definition) is 5. The third-order valence-corrected chi connectivity index (χ3v) is 14.7. The zero-order valence-electron chi connectivity index (χ0n) is 47.7. The summed E-state index contributed by atoms with van der Waals surface area (Å²) in [4.78, 5) is 24.5. The molecule has 1 amide bonds. The molecule has 0 radical (unpaired) electrons. The van der Waals surface area contributed by atoms with Gasteiger partial charge < -0.3 is 20.3 Å². The van der Waals surface area contributed by atoms with E-state index in [0.717, 1.165) is 44.9 Å². The summed E-state index contributed by atoms with van der Waals surface area (Å²) in [7, 11) is 0. The molecule has 2 atom stereocenters. The highest BCUT2D eigenvalue weighted by molar-refractivity contribution is 5.76. The van der Waals surface area contributed by atoms with Gasteiger partial charge in [-0.25, -0.2) is 0 Å². The van der Waals surface area contributed by atoms with E-state index in [-0.39, 0.29) is 18.5 Å². The summed E-state index contributed by atoms with van der Waals surface area (Å²) in [6, 6.07) is -0.627. The van der Waals surface area contributed by atoms with Crippen molar-refractivity contribution >= 4 is 11.9 Å². The van der Waals surface area contributed by atoms with E-state index in [1.54, 1.807) is 6.08 Å². The zero-order valence-corrected chi connectivity index (χ0v) is 47.7. The van der Waals surface area contributed by atoms with Gasteiger partial charge in [0.1, 0.15) is 0 Å². The summed E-state index contributed by atoms with van der Waals surface area (Å²) < 4.78 is 5.48. The molecule has 6 heteroatoms. The highest BCUT2D eigenvalue weighted by Crippen LogP contribution is 2.17. The fourth-order valence-electron chi connectivity index (χ4n) is 9.78. The molecule has 0 aromatic heterocycles. The molecule has 3 N–H and O–H groups in total. The summed E-state index contributed by atoms with van der Waals surface area (Å²) in [5.74, 6) is -0.0558. The van der Waals surface area contributed by atoms with E-state index < -0.39 is 12.1 Å². The fourth-order valence-corrected chi connectivity index (χ4v) is 9.78. The van der Waals surface area contributed by atoms with Gasteiger partial charge in [-0.15, -0.1) is 0 Å². The van der Waals surface area contributed by atoms with Crippen LogP contribution in [0.4, 0.5) is 0 Å². The van der Waals surface area contributed by atoms with Crippen LogP contribution in [0.2, 0.25) is 0 Å². The third kappa shape index (κ3) is 57.2. The summed E-state index contributed by atoms with van der Waals surface area (Å²) in [6.07, 6.45) is 76.3. The molecule has 0 saturated heterocycles. The normalized spacial score (nSPS) is 12.8. The predicted octanol–water partition coefficient (Wildman–Crippen LogP) is 20.0. The lowest BCUT2D eigenvalue weighted by Gasteiger charge is -2.20. The van der Waals surface area contributed by atoms with Crippen LogP contribution < -0.4 is 5.32 Å². The Kier molecular flexibility index (Phi) is 59.0. The molecule has 0 spiro atoms. The van der Waals surface area contributed by atoms with Gasteiger partial charge in [0.25, 0.3) is 0 Å². The Hall–Kier alpha value is -1.92. The van der Waals surface area contributed by atoms with Crippen molar-refractivity contribution in [3.63, 3.8) is 0 Å². The maximum Gasteiger partial charge on any atom is 0.305 e. The molecule has 418 valence electrons. The van der Waals surface area contributed by atoms with Crippen LogP contribution in [0.3, 0.4) is 0 Å². The molecule has 0 aromatic carbocycles. The number of aliphatic hydroxyl groups excluding tert-OH is 2. The van der Waals surface area contributed by atoms with Gasteiger partial charge in [0.05, 0.1) is 25.4 Å². The van der Waals surface area contributed by atoms with Gasteiger partial charge in [0.15, 0.2) is 0 Å². The standard InChI is InChI=1S/C65H123NO5/c1-3-5-7-9-11-13-15-34-39-43-47-51-55-59-65(70)71-60-56-52-48-44-40-36-33-31-29-27-25-23-21-19-17-18-20-22-24-26-28-30-32-35-38-42-46-50-54-58-64(69)66-62(61-67)63(68)57-53-49-45-41-37-16-14-12-10-8-6-4-2/h17,19,23,25,53,57,62-63,67-68H,3-16,18,20-22,24,26-52,54-56,58-61H2,1-2H3,(H,66,69)/b19-17-,25-23-,57-53+. The molecule has 0 heterocycles. The minimum atomic E-state index is -0.844. The van der Waals surface area contributed by atoms with Gasteiger partial charge in [-0.05, 0) is 64.2 Å². The van der Waals surface area contributed by atoms with Crippen LogP contribution in [-0.4, -0.2) is 47.4 Å². The molecule has 0 aromatic rings. The second-order valence-corrected chi connectivity index (χ2v) is 21.7. The Morgan fingerprint density at radius 1 is 0.394 bits per heavy atom. The minimum absolute atomic E-state index is 0.0132. The lowest BCUT2D eigenvalue weighted by molar-refractivity contribution is -0.143. The largest absolute Gasteiger partial charge is 0.466 e. The van der Waals surface area contributed by atoms with Crippen molar-refractivity contribution in [1.29, 1.82) is 0 Å². The third-order valence-electron chi connectivity index (χ3n) is 14.7. The average molecular weight is 999 g/mol. The first-order chi connectivity index (χ1) is 35.0. The molecule has 0 rings (SSSR count). The van der Waals surface area contributed by atoms with Gasteiger partial charge in [-0.2, -0.15) is 0 Å². The number of rotatable bonds is 59. The van der Waals surface area contributed by atoms with Gasteiger partial charge in [0, 0.05) is 12.8 Å². The molecule has 2 unspecified atom stereocenters. The van der Waals surface area contributed by atoms with E-state index in [4.69, 9.17) is 4.74 Å². The van der Waals surface area contributed by atoms with E-state index in [2.05, 4.69) is 43.5 Å². The number of unbranched alkanes of at least 4 members (excludes halogenated alkanes) is 44. The summed E-state index contributed by atoms with van der Waals surface area (Å²) in [6.45, 7) is 4.91. The van der Waals surface area contributed by atoms with Crippen molar-refractivity contribution in [3.8, 4) is 0 Å². The minimum Gasteiger partial charge on any atom is -0.466 e. The number of aliphatic hydroxyl groups is 2. The molecule has 0 bridgehead atoms. The maximum atomic E-state index is 12.4. The van der Waals surface area contributed by atoms with Crippen LogP contribution in [0.15, 0.2) is 36.5 Å². The van der Waals surface area contributed by atoms with Crippen molar-refractivity contribution in [3.05, 3.63) is 36.5 Å². The number of ether oxygens (including phenoxy) is 1. The molecular formula is C65H123NO5. The Morgan fingerprint density at radius 3 is 1.07 bits per heavy atom. The number of carbonyl (C=O) groups excluding carboxylic acids is 2. The van der Waals surface area contributed by atoms with Crippen LogP contribution in [0, 0.1) is 0 Å². The topological polar surface area (TPSA) is 95.9 Å². The zero-order chi connectivity index (χ0) is 51.4. The Balaban J connectivity index is 3.41. The molecule has 0 aliphatic heterocycles. The van der Waals surface area contributed by atoms with Gasteiger partial charge in [-0.3, -0.25) is 9.59 Å². The Morgan fingerprint density at radius 2 is 0.704 bits per heavy atom. The summed E-state index contributed by atoms with van der Waals surface area (Å²) in [5.41, 5.74) is 0. The molecule has 6 nitrogen and oxygen atoms in total. The molecule has 0 aliphatic carbocycles. The number of carbonyl (C=O) groups is 2. The molecule has 0 fully saturated rings. The number of amides is 1. The SMILES string of the molecule is CCCCCCCCCCCC/C=C/C(O)C(CO)NC(=O)CCCCCCCCCCCCCCC/C=C\C/C=C\CCCCCCCCCCCOC(=O)CCCCCCCCCCCCCCC. The monoisotopic (exact) mass is 998 g/mol. The second kappa shape index (κ2) is 60.6. The fraction of sp³-hybridized carbons (Fsp3) is 0.877. The lowest BCUT2D eigenvalue weighted by Crippen LogP contribution is -2.45. The number of esters is 1. The molecule has 0 aliphatic rings. The van der Waals surface area contributed by atoms with Crippen molar-refractivity contribution in [2.75, 3.05) is 13.2 Å². The van der Waals surface area contributed by atoms with Crippen molar-refractivity contribution < 1.29 is 24.5 Å². The van der Waals surface area contributed by atoms with E-state index in [0.29, 0.717) is 19.4 Å². The van der Waals surface area contributed by atoms with Crippen LogP contribution >= 0.6 is 0 Å². The summed E-state index contributed by atoms with van der Waals surface area (Å²) >= 11 is 0. The first-order valence-corrected chi connectivity index (χ1v) is 31.8. The van der Waals surface area contributed by atoms with Crippen LogP contribution in [-0.2, 0) is 14.3 Å². The highest BCUT2D eigenvalue weighted by Gasteiger charge is 2.18. The van der Waals surface area contributed by atoms with Gasteiger partial charge in [0.2, 0.25) is 5.91 Å². The highest BCUT2D eigenvalue weighted by atomic mass is 16.5.